The summed E-state index contributed by atoms with van der Waals surface area (Å²) in [7, 11) is 0. The lowest BCUT2D eigenvalue weighted by molar-refractivity contribution is 0.0384. The predicted molar refractivity (Wildman–Crippen MR) is 133 cm³/mol. The number of morpholine rings is 1. The van der Waals surface area contributed by atoms with Crippen molar-refractivity contribution in [3.8, 4) is 11.3 Å². The fourth-order valence-corrected chi connectivity index (χ4v) is 4.18. The Kier molecular flexibility index (Phi) is 7.01. The number of ether oxygens (including phenoxy) is 1. The average Bonchev–Trinajstić information content (AvgIpc) is 3.31. The number of hydrogen-bond donors (Lipinski definition) is 3. The van der Waals surface area contributed by atoms with Gasteiger partial charge in [-0.3, -0.25) is 4.90 Å². The van der Waals surface area contributed by atoms with Crippen molar-refractivity contribution in [2.24, 2.45) is 0 Å². The number of aromatic nitrogens is 3. The first-order chi connectivity index (χ1) is 16.7. The number of aromatic amines is 1. The van der Waals surface area contributed by atoms with Crippen molar-refractivity contribution < 1.29 is 9.13 Å². The van der Waals surface area contributed by atoms with Crippen LogP contribution >= 0.6 is 11.6 Å². The molecule has 0 atom stereocenters. The van der Waals surface area contributed by atoms with Gasteiger partial charge in [-0.05, 0) is 35.4 Å². The van der Waals surface area contributed by atoms with E-state index in [1.807, 2.05) is 6.07 Å². The molecule has 1 aliphatic heterocycles. The van der Waals surface area contributed by atoms with Gasteiger partial charge < -0.3 is 20.4 Å². The van der Waals surface area contributed by atoms with Crippen LogP contribution in [0, 0.1) is 5.82 Å². The van der Waals surface area contributed by atoms with Crippen LogP contribution < -0.4 is 10.6 Å². The first-order valence-corrected chi connectivity index (χ1v) is 11.7. The summed E-state index contributed by atoms with van der Waals surface area (Å²) < 4.78 is 18.9. The predicted octanol–water partition coefficient (Wildman–Crippen LogP) is 4.58. The van der Waals surface area contributed by atoms with Gasteiger partial charge in [-0.1, -0.05) is 35.9 Å². The first kappa shape index (κ1) is 22.7. The van der Waals surface area contributed by atoms with E-state index >= 15 is 0 Å². The molecular formula is C25H26ClFN6O. The van der Waals surface area contributed by atoms with Crippen molar-refractivity contribution in [2.75, 3.05) is 44.7 Å². The quantitative estimate of drug-likeness (QED) is 0.320. The molecule has 34 heavy (non-hydrogen) atoms. The maximum atomic E-state index is 13.5. The smallest absolute Gasteiger partial charge is 0.143 e. The normalized spacial score (nSPS) is 14.5. The van der Waals surface area contributed by atoms with Crippen molar-refractivity contribution in [3.05, 3.63) is 71.3 Å². The third kappa shape index (κ3) is 5.37. The molecule has 3 heterocycles. The van der Waals surface area contributed by atoms with Gasteiger partial charge in [0.05, 0.1) is 23.6 Å². The number of benzene rings is 2. The van der Waals surface area contributed by atoms with E-state index in [1.54, 1.807) is 6.07 Å². The van der Waals surface area contributed by atoms with Crippen LogP contribution in [0.2, 0.25) is 5.02 Å². The van der Waals surface area contributed by atoms with Crippen molar-refractivity contribution in [1.82, 2.24) is 25.2 Å². The summed E-state index contributed by atoms with van der Waals surface area (Å²) in [4.78, 5) is 14.5. The molecule has 0 unspecified atom stereocenters. The Morgan fingerprint density at radius 1 is 1.06 bits per heavy atom. The highest BCUT2D eigenvalue weighted by Gasteiger charge is 2.11. The van der Waals surface area contributed by atoms with Crippen LogP contribution in [-0.4, -0.2) is 59.2 Å². The molecule has 0 spiro atoms. The van der Waals surface area contributed by atoms with Crippen molar-refractivity contribution >= 4 is 34.1 Å². The lowest BCUT2D eigenvalue weighted by Crippen LogP contribution is -2.40. The maximum Gasteiger partial charge on any atom is 0.143 e. The summed E-state index contributed by atoms with van der Waals surface area (Å²) in [5, 5.41) is 7.61. The summed E-state index contributed by atoms with van der Waals surface area (Å²) in [5.41, 5.74) is 4.61. The van der Waals surface area contributed by atoms with Gasteiger partial charge in [0.2, 0.25) is 0 Å². The van der Waals surface area contributed by atoms with E-state index in [2.05, 4.69) is 54.8 Å². The number of anilines is 2. The molecule has 5 rings (SSSR count). The van der Waals surface area contributed by atoms with Gasteiger partial charge in [0.15, 0.2) is 0 Å². The largest absolute Gasteiger partial charge is 0.379 e. The molecule has 2 aromatic carbocycles. The van der Waals surface area contributed by atoms with E-state index in [-0.39, 0.29) is 5.02 Å². The number of nitrogens with zero attached hydrogens (tertiary/aromatic N) is 3. The fourth-order valence-electron chi connectivity index (χ4n) is 4.00. The lowest BCUT2D eigenvalue weighted by atomic mass is 10.1. The average molecular weight is 481 g/mol. The van der Waals surface area contributed by atoms with Crippen LogP contribution in [0.1, 0.15) is 5.56 Å². The summed E-state index contributed by atoms with van der Waals surface area (Å²) in [6, 6.07) is 15.0. The number of fused-ring (bicyclic) bond motifs is 1. The minimum absolute atomic E-state index is 0.0562. The Balaban J connectivity index is 1.24. The van der Waals surface area contributed by atoms with Crippen LogP contribution in [0.4, 0.5) is 15.9 Å². The SMILES string of the molecule is Fc1ccc(Nc2ncnc3[nH]c(-c4ccc(CNCCN5CCOCC5)cc4)cc23)cc1Cl. The molecule has 0 aliphatic carbocycles. The van der Waals surface area contributed by atoms with E-state index < -0.39 is 5.82 Å². The molecule has 3 N–H and O–H groups in total. The second-order valence-corrected chi connectivity index (χ2v) is 8.66. The van der Waals surface area contributed by atoms with Crippen LogP contribution in [0.15, 0.2) is 54.9 Å². The third-order valence-corrected chi connectivity index (χ3v) is 6.20. The molecule has 7 nitrogen and oxygen atoms in total. The second-order valence-electron chi connectivity index (χ2n) is 8.25. The van der Waals surface area contributed by atoms with Crippen LogP contribution in [0.5, 0.6) is 0 Å². The van der Waals surface area contributed by atoms with Gasteiger partial charge in [0.1, 0.15) is 23.6 Å². The summed E-state index contributed by atoms with van der Waals surface area (Å²) in [5.74, 6) is 0.163. The molecule has 4 aromatic rings. The molecule has 1 fully saturated rings. The highest BCUT2D eigenvalue weighted by Crippen LogP contribution is 2.29. The Morgan fingerprint density at radius 3 is 2.68 bits per heavy atom. The molecule has 9 heteroatoms. The molecule has 1 aliphatic rings. The van der Waals surface area contributed by atoms with Gasteiger partial charge in [-0.15, -0.1) is 0 Å². The molecule has 1 saturated heterocycles. The Hall–Kier alpha value is -3.04. The minimum atomic E-state index is -0.459. The molecule has 2 aromatic heterocycles. The molecular weight excluding hydrogens is 455 g/mol. The van der Waals surface area contributed by atoms with Gasteiger partial charge in [-0.2, -0.15) is 0 Å². The van der Waals surface area contributed by atoms with Crippen LogP contribution in [0.3, 0.4) is 0 Å². The van der Waals surface area contributed by atoms with E-state index in [9.17, 15) is 4.39 Å². The highest BCUT2D eigenvalue weighted by atomic mass is 35.5. The molecule has 0 saturated carbocycles. The molecule has 0 bridgehead atoms. The highest BCUT2D eigenvalue weighted by molar-refractivity contribution is 6.31. The number of H-pyrrole nitrogens is 1. The van der Waals surface area contributed by atoms with E-state index in [1.165, 1.54) is 24.0 Å². The minimum Gasteiger partial charge on any atom is -0.379 e. The second kappa shape index (κ2) is 10.5. The summed E-state index contributed by atoms with van der Waals surface area (Å²) >= 11 is 5.91. The van der Waals surface area contributed by atoms with E-state index in [4.69, 9.17) is 16.3 Å². The fraction of sp³-hybridized carbons (Fsp3) is 0.280. The van der Waals surface area contributed by atoms with Gasteiger partial charge in [-0.25, -0.2) is 14.4 Å². The Morgan fingerprint density at radius 2 is 1.88 bits per heavy atom. The van der Waals surface area contributed by atoms with Crippen LogP contribution in [0.25, 0.3) is 22.3 Å². The maximum absolute atomic E-state index is 13.5. The number of halogens is 2. The van der Waals surface area contributed by atoms with Crippen molar-refractivity contribution in [2.45, 2.75) is 6.54 Å². The zero-order chi connectivity index (χ0) is 23.3. The van der Waals surface area contributed by atoms with Gasteiger partial charge >= 0.3 is 0 Å². The zero-order valence-electron chi connectivity index (χ0n) is 18.7. The zero-order valence-corrected chi connectivity index (χ0v) is 19.4. The topological polar surface area (TPSA) is 78.1 Å². The first-order valence-electron chi connectivity index (χ1n) is 11.3. The third-order valence-electron chi connectivity index (χ3n) is 5.91. The van der Waals surface area contributed by atoms with Crippen molar-refractivity contribution in [1.29, 1.82) is 0 Å². The number of hydrogen-bond acceptors (Lipinski definition) is 6. The molecule has 176 valence electrons. The summed E-state index contributed by atoms with van der Waals surface area (Å²) in [6.07, 6.45) is 1.49. The number of nitrogens with one attached hydrogen (secondary N) is 3. The van der Waals surface area contributed by atoms with Crippen molar-refractivity contribution in [3.63, 3.8) is 0 Å². The molecule has 0 radical (unpaired) electrons. The number of rotatable bonds is 8. The standard InChI is InChI=1S/C25H26ClFN6O/c26-21-13-19(5-6-22(21)27)31-24-20-14-23(32-25(20)30-16-29-24)18-3-1-17(2-4-18)15-28-7-8-33-9-11-34-12-10-33/h1-6,13-14,16,28H,7-12,15H2,(H2,29,30,31,32). The van der Waals surface area contributed by atoms with E-state index in [0.717, 1.165) is 68.2 Å². The lowest BCUT2D eigenvalue weighted by Gasteiger charge is -2.26. The summed E-state index contributed by atoms with van der Waals surface area (Å²) in [6.45, 7) is 6.52. The Bertz CT molecular complexity index is 1260. The van der Waals surface area contributed by atoms with Gasteiger partial charge in [0.25, 0.3) is 0 Å². The Labute approximate surface area is 202 Å². The van der Waals surface area contributed by atoms with Gasteiger partial charge in [0, 0.05) is 44.1 Å². The molecule has 0 amide bonds. The monoisotopic (exact) mass is 480 g/mol. The van der Waals surface area contributed by atoms with Crippen LogP contribution in [-0.2, 0) is 11.3 Å². The van der Waals surface area contributed by atoms with E-state index in [0.29, 0.717) is 11.5 Å².